The molecule has 0 unspecified atom stereocenters. The fourth-order valence-corrected chi connectivity index (χ4v) is 2.97. The first-order chi connectivity index (χ1) is 7.51. The van der Waals surface area contributed by atoms with E-state index in [-0.39, 0.29) is 5.75 Å². The Bertz CT molecular complexity index is 409. The number of hydrogen-bond donors (Lipinski definition) is 1. The number of aryl methyl sites for hydroxylation is 1. The second-order valence-corrected chi connectivity index (χ2v) is 7.39. The summed E-state index contributed by atoms with van der Waals surface area (Å²) in [6.07, 6.45) is 3.05. The van der Waals surface area contributed by atoms with E-state index in [4.69, 9.17) is 0 Å². The summed E-state index contributed by atoms with van der Waals surface area (Å²) < 4.78 is 21.8. The van der Waals surface area contributed by atoms with Crippen LogP contribution < -0.4 is 5.32 Å². The molecule has 0 amide bonds. The molecule has 0 saturated heterocycles. The molecular formula is C11H19NO2S2. The minimum atomic E-state index is -2.81. The quantitative estimate of drug-likeness (QED) is 0.762. The Morgan fingerprint density at radius 1 is 1.31 bits per heavy atom. The van der Waals surface area contributed by atoms with Crippen LogP contribution >= 0.6 is 11.3 Å². The van der Waals surface area contributed by atoms with Gasteiger partial charge in [0.1, 0.15) is 9.84 Å². The van der Waals surface area contributed by atoms with Crippen LogP contribution in [0.4, 0.5) is 0 Å². The van der Waals surface area contributed by atoms with Gasteiger partial charge in [0.25, 0.3) is 0 Å². The van der Waals surface area contributed by atoms with Crippen LogP contribution in [0.15, 0.2) is 12.1 Å². The van der Waals surface area contributed by atoms with Crippen molar-refractivity contribution in [2.24, 2.45) is 0 Å². The van der Waals surface area contributed by atoms with Crippen molar-refractivity contribution in [2.45, 2.75) is 26.3 Å². The summed E-state index contributed by atoms with van der Waals surface area (Å²) in [7, 11) is -2.81. The fourth-order valence-electron chi connectivity index (χ4n) is 1.38. The van der Waals surface area contributed by atoms with Crippen molar-refractivity contribution in [1.29, 1.82) is 0 Å². The third kappa shape index (κ3) is 5.63. The van der Waals surface area contributed by atoms with Gasteiger partial charge in [0.2, 0.25) is 0 Å². The van der Waals surface area contributed by atoms with Crippen molar-refractivity contribution in [3.8, 4) is 0 Å². The van der Waals surface area contributed by atoms with Crippen LogP contribution in [0.5, 0.6) is 0 Å². The zero-order valence-corrected chi connectivity index (χ0v) is 11.5. The number of thiophene rings is 1. The SMILES string of the molecule is CCc1ccc(CNCCCS(C)(=O)=O)s1. The number of hydrogen-bond acceptors (Lipinski definition) is 4. The molecule has 16 heavy (non-hydrogen) atoms. The summed E-state index contributed by atoms with van der Waals surface area (Å²) in [4.78, 5) is 2.71. The molecule has 0 aliphatic heterocycles. The number of rotatable bonds is 7. The first kappa shape index (κ1) is 13.7. The molecule has 0 spiro atoms. The lowest BCUT2D eigenvalue weighted by molar-refractivity contribution is 0.594. The van der Waals surface area contributed by atoms with Crippen molar-refractivity contribution in [3.05, 3.63) is 21.9 Å². The Labute approximate surface area is 102 Å². The molecular weight excluding hydrogens is 242 g/mol. The Kier molecular flexibility index (Phi) is 5.44. The van der Waals surface area contributed by atoms with Crippen molar-refractivity contribution >= 4 is 21.2 Å². The lowest BCUT2D eigenvalue weighted by Gasteiger charge is -2.01. The van der Waals surface area contributed by atoms with Gasteiger partial charge in [-0.05, 0) is 31.5 Å². The van der Waals surface area contributed by atoms with Gasteiger partial charge in [0.05, 0.1) is 5.75 Å². The summed E-state index contributed by atoms with van der Waals surface area (Å²) in [5.41, 5.74) is 0. The highest BCUT2D eigenvalue weighted by atomic mass is 32.2. The van der Waals surface area contributed by atoms with Gasteiger partial charge in [-0.3, -0.25) is 0 Å². The predicted octanol–water partition coefficient (Wildman–Crippen LogP) is 1.83. The predicted molar refractivity (Wildman–Crippen MR) is 69.7 cm³/mol. The topological polar surface area (TPSA) is 46.2 Å². The van der Waals surface area contributed by atoms with E-state index < -0.39 is 9.84 Å². The molecule has 1 aromatic rings. The van der Waals surface area contributed by atoms with Crippen molar-refractivity contribution in [2.75, 3.05) is 18.6 Å². The molecule has 1 heterocycles. The Hall–Kier alpha value is -0.390. The Morgan fingerprint density at radius 2 is 2.00 bits per heavy atom. The maximum Gasteiger partial charge on any atom is 0.147 e. The number of nitrogens with one attached hydrogen (secondary N) is 1. The van der Waals surface area contributed by atoms with E-state index in [0.29, 0.717) is 6.42 Å². The number of sulfone groups is 1. The van der Waals surface area contributed by atoms with Crippen molar-refractivity contribution in [1.82, 2.24) is 5.32 Å². The largest absolute Gasteiger partial charge is 0.312 e. The smallest absolute Gasteiger partial charge is 0.147 e. The molecule has 1 N–H and O–H groups in total. The van der Waals surface area contributed by atoms with Gasteiger partial charge in [-0.1, -0.05) is 6.92 Å². The normalized spacial score (nSPS) is 11.9. The molecule has 0 bridgehead atoms. The highest BCUT2D eigenvalue weighted by Gasteiger charge is 2.01. The Morgan fingerprint density at radius 3 is 2.56 bits per heavy atom. The minimum Gasteiger partial charge on any atom is -0.312 e. The summed E-state index contributed by atoms with van der Waals surface area (Å²) in [6, 6.07) is 4.28. The van der Waals surface area contributed by atoms with E-state index in [1.54, 1.807) is 0 Å². The molecule has 0 aromatic carbocycles. The molecule has 1 aromatic heterocycles. The van der Waals surface area contributed by atoms with Crippen molar-refractivity contribution < 1.29 is 8.42 Å². The highest BCUT2D eigenvalue weighted by Crippen LogP contribution is 2.16. The van der Waals surface area contributed by atoms with Crippen LogP contribution in [0, 0.1) is 0 Å². The van der Waals surface area contributed by atoms with Gasteiger partial charge in [-0.2, -0.15) is 0 Å². The lowest BCUT2D eigenvalue weighted by Crippen LogP contribution is -2.17. The van der Waals surface area contributed by atoms with E-state index in [9.17, 15) is 8.42 Å². The lowest BCUT2D eigenvalue weighted by atomic mass is 10.3. The van der Waals surface area contributed by atoms with E-state index in [1.165, 1.54) is 16.0 Å². The molecule has 0 fully saturated rings. The standard InChI is InChI=1S/C11H19NO2S2/c1-3-10-5-6-11(15-10)9-12-7-4-8-16(2,13)14/h5-6,12H,3-4,7-9H2,1-2H3. The second-order valence-electron chi connectivity index (χ2n) is 3.88. The molecule has 92 valence electrons. The summed E-state index contributed by atoms with van der Waals surface area (Å²) >= 11 is 1.82. The minimum absolute atomic E-state index is 0.269. The molecule has 1 rings (SSSR count). The monoisotopic (exact) mass is 261 g/mol. The highest BCUT2D eigenvalue weighted by molar-refractivity contribution is 7.90. The molecule has 0 aliphatic carbocycles. The van der Waals surface area contributed by atoms with Gasteiger partial charge >= 0.3 is 0 Å². The fraction of sp³-hybridized carbons (Fsp3) is 0.636. The zero-order chi connectivity index (χ0) is 12.0. The van der Waals surface area contributed by atoms with Crippen LogP contribution in [0.25, 0.3) is 0 Å². The molecule has 5 heteroatoms. The van der Waals surface area contributed by atoms with Gasteiger partial charge in [0, 0.05) is 22.6 Å². The van der Waals surface area contributed by atoms with E-state index in [0.717, 1.165) is 19.5 Å². The van der Waals surface area contributed by atoms with Gasteiger partial charge < -0.3 is 5.32 Å². The van der Waals surface area contributed by atoms with E-state index in [2.05, 4.69) is 24.4 Å². The Balaban J connectivity index is 2.16. The molecule has 0 radical (unpaired) electrons. The third-order valence-electron chi connectivity index (χ3n) is 2.23. The van der Waals surface area contributed by atoms with Crippen LogP contribution in [0.3, 0.4) is 0 Å². The zero-order valence-electron chi connectivity index (χ0n) is 9.82. The van der Waals surface area contributed by atoms with Gasteiger partial charge in [0.15, 0.2) is 0 Å². The molecule has 3 nitrogen and oxygen atoms in total. The summed E-state index contributed by atoms with van der Waals surface area (Å²) in [5.74, 6) is 0.269. The summed E-state index contributed by atoms with van der Waals surface area (Å²) in [6.45, 7) is 3.75. The molecule has 0 atom stereocenters. The second kappa shape index (κ2) is 6.37. The van der Waals surface area contributed by atoms with Crippen LogP contribution in [-0.2, 0) is 22.8 Å². The maximum absolute atomic E-state index is 10.9. The van der Waals surface area contributed by atoms with Crippen LogP contribution in [0.2, 0.25) is 0 Å². The summed E-state index contributed by atoms with van der Waals surface area (Å²) in [5, 5.41) is 3.26. The van der Waals surface area contributed by atoms with Crippen molar-refractivity contribution in [3.63, 3.8) is 0 Å². The molecule has 0 aliphatic rings. The van der Waals surface area contributed by atoms with Crippen LogP contribution in [-0.4, -0.2) is 27.0 Å². The van der Waals surface area contributed by atoms with E-state index in [1.807, 2.05) is 11.3 Å². The first-order valence-corrected chi connectivity index (χ1v) is 8.35. The average Bonchev–Trinajstić information content (AvgIpc) is 2.63. The van der Waals surface area contributed by atoms with E-state index >= 15 is 0 Å². The average molecular weight is 261 g/mol. The van der Waals surface area contributed by atoms with Crippen LogP contribution in [0.1, 0.15) is 23.1 Å². The third-order valence-corrected chi connectivity index (χ3v) is 4.49. The van der Waals surface area contributed by atoms with Gasteiger partial charge in [-0.15, -0.1) is 11.3 Å². The first-order valence-electron chi connectivity index (χ1n) is 5.47. The maximum atomic E-state index is 10.9. The molecule has 0 saturated carbocycles. The van der Waals surface area contributed by atoms with Gasteiger partial charge in [-0.25, -0.2) is 8.42 Å².